The fourth-order valence-corrected chi connectivity index (χ4v) is 2.18. The predicted molar refractivity (Wildman–Crippen MR) is 116 cm³/mol. The molecule has 138 valence electrons. The molecule has 0 aliphatic heterocycles. The summed E-state index contributed by atoms with van der Waals surface area (Å²) >= 11 is 0. The summed E-state index contributed by atoms with van der Waals surface area (Å²) in [6.45, 7) is 0. The Balaban J connectivity index is 1.67. The van der Waals surface area contributed by atoms with E-state index in [9.17, 15) is 0 Å². The van der Waals surface area contributed by atoms with Crippen molar-refractivity contribution in [2.24, 2.45) is 20.4 Å². The number of hydrazone groups is 2. The number of benzene rings is 3. The lowest BCUT2D eigenvalue weighted by molar-refractivity contribution is 0.890. The summed E-state index contributed by atoms with van der Waals surface area (Å²) < 4.78 is 0. The summed E-state index contributed by atoms with van der Waals surface area (Å²) in [6.07, 6.45) is 5.04. The summed E-state index contributed by atoms with van der Waals surface area (Å²) in [5, 5.41) is 16.6. The number of hydrogen-bond donors (Lipinski definition) is 2. The van der Waals surface area contributed by atoms with E-state index in [2.05, 4.69) is 31.3 Å². The molecule has 0 unspecified atom stereocenters. The van der Waals surface area contributed by atoms with E-state index in [0.717, 1.165) is 16.7 Å². The molecule has 2 N–H and O–H groups in total. The van der Waals surface area contributed by atoms with E-state index in [1.54, 1.807) is 18.6 Å². The van der Waals surface area contributed by atoms with Crippen LogP contribution in [-0.4, -0.2) is 24.6 Å². The van der Waals surface area contributed by atoms with Gasteiger partial charge in [-0.15, -0.1) is 5.10 Å². The van der Waals surface area contributed by atoms with Gasteiger partial charge in [0.15, 0.2) is 0 Å². The highest BCUT2D eigenvalue weighted by molar-refractivity contribution is 5.86. The molecule has 0 saturated heterocycles. The van der Waals surface area contributed by atoms with Crippen molar-refractivity contribution in [3.05, 3.63) is 108 Å². The van der Waals surface area contributed by atoms with Crippen molar-refractivity contribution in [2.75, 3.05) is 0 Å². The van der Waals surface area contributed by atoms with Crippen molar-refractivity contribution >= 4 is 24.6 Å². The van der Waals surface area contributed by atoms with Crippen LogP contribution in [0.25, 0.3) is 0 Å². The maximum Gasteiger partial charge on any atom is 0.257 e. The monoisotopic (exact) mass is 368 g/mol. The van der Waals surface area contributed by atoms with Gasteiger partial charge in [0, 0.05) is 0 Å². The highest BCUT2D eigenvalue weighted by Gasteiger charge is 1.94. The molecule has 0 saturated carbocycles. The minimum Gasteiger partial charge on any atom is -0.244 e. The fourth-order valence-electron chi connectivity index (χ4n) is 2.18. The van der Waals surface area contributed by atoms with E-state index in [1.165, 1.54) is 0 Å². The zero-order valence-electron chi connectivity index (χ0n) is 15.2. The van der Waals surface area contributed by atoms with Crippen LogP contribution in [0.1, 0.15) is 16.7 Å². The maximum atomic E-state index is 4.18. The molecule has 3 aromatic carbocycles. The van der Waals surface area contributed by atoms with Gasteiger partial charge in [-0.05, 0) is 16.7 Å². The average molecular weight is 368 g/mol. The molecule has 3 rings (SSSR count). The Labute approximate surface area is 164 Å². The lowest BCUT2D eigenvalue weighted by Gasteiger charge is -2.02. The van der Waals surface area contributed by atoms with Gasteiger partial charge in [0.1, 0.15) is 0 Å². The van der Waals surface area contributed by atoms with Gasteiger partial charge in [0.25, 0.3) is 5.96 Å². The minimum atomic E-state index is 0.298. The molecule has 0 fully saturated rings. The maximum absolute atomic E-state index is 4.18. The molecule has 6 nitrogen and oxygen atoms in total. The summed E-state index contributed by atoms with van der Waals surface area (Å²) in [5.41, 5.74) is 8.53. The highest BCUT2D eigenvalue weighted by atomic mass is 15.5. The lowest BCUT2D eigenvalue weighted by atomic mass is 10.2. The minimum absolute atomic E-state index is 0.298. The van der Waals surface area contributed by atoms with Gasteiger partial charge in [-0.2, -0.15) is 15.3 Å². The fraction of sp³-hybridized carbons (Fsp3) is 0. The van der Waals surface area contributed by atoms with Gasteiger partial charge in [0.2, 0.25) is 0 Å². The second-order valence-electron chi connectivity index (χ2n) is 5.67. The van der Waals surface area contributed by atoms with Gasteiger partial charge in [-0.3, -0.25) is 0 Å². The van der Waals surface area contributed by atoms with Crippen LogP contribution in [0.5, 0.6) is 0 Å². The van der Waals surface area contributed by atoms with Gasteiger partial charge < -0.3 is 0 Å². The van der Waals surface area contributed by atoms with E-state index >= 15 is 0 Å². The number of nitrogens with one attached hydrogen (secondary N) is 2. The first kappa shape index (κ1) is 18.7. The number of nitrogens with zero attached hydrogens (tertiary/aromatic N) is 4. The number of hydrogen-bond acceptors (Lipinski definition) is 4. The third-order valence-electron chi connectivity index (χ3n) is 3.53. The molecular weight excluding hydrogens is 348 g/mol. The molecule has 0 aromatic heterocycles. The van der Waals surface area contributed by atoms with Crippen molar-refractivity contribution in [1.82, 2.24) is 10.9 Å². The molecule has 0 spiro atoms. The van der Waals surface area contributed by atoms with Crippen molar-refractivity contribution in [2.45, 2.75) is 0 Å². The Morgan fingerprint density at radius 3 is 1.36 bits per heavy atom. The van der Waals surface area contributed by atoms with E-state index in [1.807, 2.05) is 91.0 Å². The Bertz CT molecular complexity index is 895. The molecule has 6 heteroatoms. The number of rotatable bonds is 6. The topological polar surface area (TPSA) is 73.5 Å². The standard InChI is InChI=1S/C22H20N6/c1-4-10-19(11-5-1)16-23-26-22(27-24-17-20-12-6-2-7-13-20)28-25-18-21-14-8-3-9-15-21/h1-18H,(H2,26,27,28)/b23-16-,24-17-,25-18+. The third kappa shape index (κ3) is 6.68. The zero-order valence-corrected chi connectivity index (χ0v) is 15.2. The summed E-state index contributed by atoms with van der Waals surface area (Å²) in [4.78, 5) is 0. The Hall–Kier alpha value is -4.06. The van der Waals surface area contributed by atoms with Crippen LogP contribution in [-0.2, 0) is 0 Å². The van der Waals surface area contributed by atoms with Crippen LogP contribution in [0.3, 0.4) is 0 Å². The van der Waals surface area contributed by atoms with E-state index < -0.39 is 0 Å². The number of guanidine groups is 1. The summed E-state index contributed by atoms with van der Waals surface area (Å²) in [7, 11) is 0. The Morgan fingerprint density at radius 1 is 0.536 bits per heavy atom. The van der Waals surface area contributed by atoms with Gasteiger partial charge >= 0.3 is 0 Å². The largest absolute Gasteiger partial charge is 0.257 e. The molecule has 0 aliphatic rings. The van der Waals surface area contributed by atoms with Crippen LogP contribution < -0.4 is 10.9 Å². The highest BCUT2D eigenvalue weighted by Crippen LogP contribution is 1.95. The van der Waals surface area contributed by atoms with Gasteiger partial charge in [-0.25, -0.2) is 10.9 Å². The van der Waals surface area contributed by atoms with E-state index in [0.29, 0.717) is 5.96 Å². The van der Waals surface area contributed by atoms with Crippen LogP contribution in [0.4, 0.5) is 0 Å². The first-order valence-corrected chi connectivity index (χ1v) is 8.74. The normalized spacial score (nSPS) is 12.1. The van der Waals surface area contributed by atoms with Crippen molar-refractivity contribution in [3.63, 3.8) is 0 Å². The van der Waals surface area contributed by atoms with Crippen LogP contribution in [0.2, 0.25) is 0 Å². The summed E-state index contributed by atoms with van der Waals surface area (Å²) in [6, 6.07) is 29.2. The smallest absolute Gasteiger partial charge is 0.244 e. The first-order valence-electron chi connectivity index (χ1n) is 8.74. The molecule has 0 aliphatic carbocycles. The quantitative estimate of drug-likeness (QED) is 0.396. The molecule has 0 heterocycles. The molecule has 28 heavy (non-hydrogen) atoms. The van der Waals surface area contributed by atoms with E-state index in [-0.39, 0.29) is 0 Å². The Kier molecular flexibility index (Phi) is 7.24. The van der Waals surface area contributed by atoms with Crippen LogP contribution in [0.15, 0.2) is 111 Å². The van der Waals surface area contributed by atoms with Crippen molar-refractivity contribution < 1.29 is 0 Å². The van der Waals surface area contributed by atoms with E-state index in [4.69, 9.17) is 0 Å². The van der Waals surface area contributed by atoms with Crippen molar-refractivity contribution in [1.29, 1.82) is 0 Å². The molecular formula is C22H20N6. The Morgan fingerprint density at radius 2 is 0.929 bits per heavy atom. The third-order valence-corrected chi connectivity index (χ3v) is 3.53. The zero-order chi connectivity index (χ0) is 19.3. The molecule has 0 atom stereocenters. The summed E-state index contributed by atoms with van der Waals surface area (Å²) in [5.74, 6) is 0.298. The molecule has 0 radical (unpaired) electrons. The SMILES string of the molecule is C(=N/N=C(N/N=C\c1ccccc1)N/N=C/c1ccccc1)/c1ccccc1. The first-order chi connectivity index (χ1) is 13.9. The lowest BCUT2D eigenvalue weighted by Crippen LogP contribution is -2.30. The second-order valence-corrected chi connectivity index (χ2v) is 5.67. The molecule has 3 aromatic rings. The van der Waals surface area contributed by atoms with Crippen LogP contribution in [0, 0.1) is 0 Å². The average Bonchev–Trinajstić information content (AvgIpc) is 2.76. The van der Waals surface area contributed by atoms with Gasteiger partial charge in [-0.1, -0.05) is 91.0 Å². The van der Waals surface area contributed by atoms with Crippen molar-refractivity contribution in [3.8, 4) is 0 Å². The predicted octanol–water partition coefficient (Wildman–Crippen LogP) is 3.62. The molecule has 0 amide bonds. The molecule has 0 bridgehead atoms. The van der Waals surface area contributed by atoms with Gasteiger partial charge in [0.05, 0.1) is 18.6 Å². The second kappa shape index (κ2) is 10.8. The van der Waals surface area contributed by atoms with Crippen LogP contribution >= 0.6 is 0 Å².